The molecule has 1 aliphatic rings. The van der Waals surface area contributed by atoms with Crippen LogP contribution in [0.15, 0.2) is 0 Å². The van der Waals surface area contributed by atoms with Crippen LogP contribution >= 0.6 is 0 Å². The molecule has 1 rings (SSSR count). The molecule has 0 bridgehead atoms. The fraction of sp³-hybridized carbons (Fsp3) is 1.00. The average molecular weight is 290 g/mol. The Kier molecular flexibility index (Phi) is 6.77. The Hall–Kier alpha value is -0.130. The topological polar surface area (TPSA) is 58.2 Å². The maximum absolute atomic E-state index is 12.1. The highest BCUT2D eigenvalue weighted by atomic mass is 32.2. The van der Waals surface area contributed by atoms with Gasteiger partial charge in [0.05, 0.1) is 5.25 Å². The van der Waals surface area contributed by atoms with E-state index < -0.39 is 10.0 Å². The van der Waals surface area contributed by atoms with E-state index in [1.807, 2.05) is 13.8 Å². The monoisotopic (exact) mass is 290 g/mol. The molecule has 114 valence electrons. The van der Waals surface area contributed by atoms with Gasteiger partial charge in [-0.15, -0.1) is 0 Å². The van der Waals surface area contributed by atoms with Gasteiger partial charge in [0.2, 0.25) is 10.0 Å². The number of sulfonamides is 1. The zero-order chi connectivity index (χ0) is 14.5. The molecule has 4 nitrogen and oxygen atoms in total. The van der Waals surface area contributed by atoms with Gasteiger partial charge in [-0.25, -0.2) is 13.1 Å². The summed E-state index contributed by atoms with van der Waals surface area (Å²) in [7, 11) is -3.19. The van der Waals surface area contributed by atoms with Crippen LogP contribution < -0.4 is 10.0 Å². The highest BCUT2D eigenvalue weighted by Crippen LogP contribution is 2.28. The fourth-order valence-corrected chi connectivity index (χ4v) is 3.70. The van der Waals surface area contributed by atoms with E-state index in [0.717, 1.165) is 18.8 Å². The van der Waals surface area contributed by atoms with E-state index in [0.29, 0.717) is 25.0 Å². The van der Waals surface area contributed by atoms with Crippen LogP contribution in [-0.4, -0.2) is 32.8 Å². The van der Waals surface area contributed by atoms with Crippen LogP contribution in [0.1, 0.15) is 53.4 Å². The lowest BCUT2D eigenvalue weighted by atomic mass is 9.83. The van der Waals surface area contributed by atoms with Gasteiger partial charge >= 0.3 is 0 Å². The predicted octanol–water partition coefficient (Wildman–Crippen LogP) is 2.12. The van der Waals surface area contributed by atoms with Crippen LogP contribution in [-0.2, 0) is 10.0 Å². The fourth-order valence-electron chi connectivity index (χ4n) is 2.63. The molecule has 0 aromatic rings. The van der Waals surface area contributed by atoms with E-state index in [4.69, 9.17) is 0 Å². The van der Waals surface area contributed by atoms with Crippen LogP contribution in [0.25, 0.3) is 0 Å². The summed E-state index contributed by atoms with van der Waals surface area (Å²) in [5, 5.41) is 2.80. The second-order valence-corrected chi connectivity index (χ2v) is 8.59. The Morgan fingerprint density at radius 3 is 2.47 bits per heavy atom. The van der Waals surface area contributed by atoms with Crippen molar-refractivity contribution in [3.63, 3.8) is 0 Å². The zero-order valence-electron chi connectivity index (χ0n) is 12.8. The van der Waals surface area contributed by atoms with Crippen molar-refractivity contribution in [1.29, 1.82) is 0 Å². The van der Waals surface area contributed by atoms with Crippen molar-refractivity contribution >= 4 is 10.0 Å². The molecule has 0 aliphatic heterocycles. The van der Waals surface area contributed by atoms with Crippen molar-refractivity contribution < 1.29 is 8.42 Å². The molecule has 1 saturated carbocycles. The summed E-state index contributed by atoms with van der Waals surface area (Å²) < 4.78 is 27.0. The lowest BCUT2D eigenvalue weighted by Crippen LogP contribution is -2.42. The Morgan fingerprint density at radius 1 is 1.21 bits per heavy atom. The standard InChI is InChI=1S/C14H30N2O2S/c1-11(2)15-9-13(4)19(17,18)16-10-14-7-5-6-12(3)8-14/h11-16H,5-10H2,1-4H3. The molecule has 0 aromatic heterocycles. The minimum absolute atomic E-state index is 0.317. The summed E-state index contributed by atoms with van der Waals surface area (Å²) in [5.41, 5.74) is 0. The summed E-state index contributed by atoms with van der Waals surface area (Å²) in [6.45, 7) is 9.19. The molecule has 5 heteroatoms. The second kappa shape index (κ2) is 7.60. The van der Waals surface area contributed by atoms with Crippen molar-refractivity contribution in [2.45, 2.75) is 64.7 Å². The number of rotatable bonds is 7. The SMILES string of the molecule is CC1CCCC(CNS(=O)(=O)C(C)CNC(C)C)C1. The Labute approximate surface area is 118 Å². The summed E-state index contributed by atoms with van der Waals surface area (Å²) in [4.78, 5) is 0. The second-order valence-electron chi connectivity index (χ2n) is 6.40. The maximum atomic E-state index is 12.1. The summed E-state index contributed by atoms with van der Waals surface area (Å²) >= 11 is 0. The maximum Gasteiger partial charge on any atom is 0.215 e. The van der Waals surface area contributed by atoms with Crippen molar-refractivity contribution in [3.8, 4) is 0 Å². The van der Waals surface area contributed by atoms with Gasteiger partial charge in [0.15, 0.2) is 0 Å². The molecule has 3 unspecified atom stereocenters. The third kappa shape index (κ3) is 6.23. The van der Waals surface area contributed by atoms with Crippen LogP contribution in [0, 0.1) is 11.8 Å². The van der Waals surface area contributed by atoms with E-state index in [2.05, 4.69) is 17.0 Å². The van der Waals surface area contributed by atoms with Crippen LogP contribution in [0.4, 0.5) is 0 Å². The predicted molar refractivity (Wildman–Crippen MR) is 80.6 cm³/mol. The summed E-state index contributed by atoms with van der Waals surface area (Å²) in [6.07, 6.45) is 4.84. The molecule has 19 heavy (non-hydrogen) atoms. The first-order valence-corrected chi connectivity index (χ1v) is 9.07. The molecule has 0 saturated heterocycles. The van der Waals surface area contributed by atoms with Gasteiger partial charge in [-0.05, 0) is 31.6 Å². The van der Waals surface area contributed by atoms with Crippen LogP contribution in [0.5, 0.6) is 0 Å². The molecule has 0 aromatic carbocycles. The molecule has 1 fully saturated rings. The van der Waals surface area contributed by atoms with Gasteiger partial charge < -0.3 is 5.32 Å². The molecule has 0 heterocycles. The van der Waals surface area contributed by atoms with Crippen molar-refractivity contribution in [2.24, 2.45) is 11.8 Å². The first-order valence-electron chi connectivity index (χ1n) is 7.53. The van der Waals surface area contributed by atoms with E-state index in [1.165, 1.54) is 12.8 Å². The lowest BCUT2D eigenvalue weighted by molar-refractivity contribution is 0.283. The Morgan fingerprint density at radius 2 is 1.89 bits per heavy atom. The molecule has 0 spiro atoms. The van der Waals surface area contributed by atoms with Gasteiger partial charge in [-0.3, -0.25) is 0 Å². The van der Waals surface area contributed by atoms with E-state index in [-0.39, 0.29) is 5.25 Å². The van der Waals surface area contributed by atoms with Gasteiger partial charge in [0.25, 0.3) is 0 Å². The first-order chi connectivity index (χ1) is 8.81. The summed E-state index contributed by atoms with van der Waals surface area (Å²) in [6, 6.07) is 0.317. The Bertz CT molecular complexity index is 354. The molecule has 1 aliphatic carbocycles. The van der Waals surface area contributed by atoms with Gasteiger partial charge in [0, 0.05) is 19.1 Å². The van der Waals surface area contributed by atoms with Crippen molar-refractivity contribution in [1.82, 2.24) is 10.0 Å². The third-order valence-corrected chi connectivity index (χ3v) is 5.76. The van der Waals surface area contributed by atoms with Crippen LogP contribution in [0.2, 0.25) is 0 Å². The average Bonchev–Trinajstić information content (AvgIpc) is 2.33. The molecule has 3 atom stereocenters. The highest BCUT2D eigenvalue weighted by molar-refractivity contribution is 7.90. The minimum atomic E-state index is -3.19. The quantitative estimate of drug-likeness (QED) is 0.755. The van der Waals surface area contributed by atoms with Crippen LogP contribution in [0.3, 0.4) is 0 Å². The molecular weight excluding hydrogens is 260 g/mol. The normalized spacial score (nSPS) is 26.6. The first kappa shape index (κ1) is 16.9. The smallest absolute Gasteiger partial charge is 0.215 e. The third-order valence-electron chi connectivity index (χ3n) is 3.96. The molecule has 2 N–H and O–H groups in total. The number of hydrogen-bond donors (Lipinski definition) is 2. The van der Waals surface area contributed by atoms with Gasteiger partial charge in [0.1, 0.15) is 0 Å². The van der Waals surface area contributed by atoms with Crippen molar-refractivity contribution in [2.75, 3.05) is 13.1 Å². The molecule has 0 radical (unpaired) electrons. The van der Waals surface area contributed by atoms with E-state index in [1.54, 1.807) is 6.92 Å². The van der Waals surface area contributed by atoms with E-state index >= 15 is 0 Å². The zero-order valence-corrected chi connectivity index (χ0v) is 13.6. The van der Waals surface area contributed by atoms with Crippen molar-refractivity contribution in [3.05, 3.63) is 0 Å². The highest BCUT2D eigenvalue weighted by Gasteiger charge is 2.24. The van der Waals surface area contributed by atoms with Gasteiger partial charge in [-0.2, -0.15) is 0 Å². The Balaban J connectivity index is 2.37. The lowest BCUT2D eigenvalue weighted by Gasteiger charge is -2.27. The summed E-state index contributed by atoms with van der Waals surface area (Å²) in [5.74, 6) is 1.26. The van der Waals surface area contributed by atoms with E-state index in [9.17, 15) is 8.42 Å². The minimum Gasteiger partial charge on any atom is -0.313 e. The largest absolute Gasteiger partial charge is 0.313 e. The van der Waals surface area contributed by atoms with Gasteiger partial charge in [-0.1, -0.05) is 33.6 Å². The molecule has 0 amide bonds. The molecular formula is C14H30N2O2S. The number of nitrogens with one attached hydrogen (secondary N) is 2. The number of hydrogen-bond acceptors (Lipinski definition) is 3.